The van der Waals surface area contributed by atoms with Crippen LogP contribution in [0.25, 0.3) is 0 Å². The molecule has 108 valence electrons. The average Bonchev–Trinajstić information content (AvgIpc) is 2.33. The Labute approximate surface area is 129 Å². The smallest absolute Gasteiger partial charge is 0.243 e. The lowest BCUT2D eigenvalue weighted by atomic mass is 10.3. The van der Waals surface area contributed by atoms with E-state index in [2.05, 4.69) is 36.6 Å². The number of ether oxygens (including phenoxy) is 1. The first-order valence-electron chi connectivity index (χ1n) is 5.56. The zero-order valence-corrected chi connectivity index (χ0v) is 14.0. The number of sulfonamides is 1. The summed E-state index contributed by atoms with van der Waals surface area (Å²) in [7, 11) is -3.81. The molecule has 0 bridgehead atoms. The van der Waals surface area contributed by atoms with Gasteiger partial charge in [-0.15, -0.1) is 0 Å². The van der Waals surface area contributed by atoms with Crippen LogP contribution in [0.15, 0.2) is 27.6 Å². The number of benzene rings is 1. The van der Waals surface area contributed by atoms with Crippen LogP contribution in [0.2, 0.25) is 0 Å². The number of hydrogen-bond donors (Lipinski definition) is 1. The molecule has 19 heavy (non-hydrogen) atoms. The van der Waals surface area contributed by atoms with Gasteiger partial charge in [0.15, 0.2) is 0 Å². The zero-order chi connectivity index (χ0) is 14.3. The molecule has 0 aliphatic carbocycles. The second-order valence-corrected chi connectivity index (χ2v) is 7.07. The van der Waals surface area contributed by atoms with Gasteiger partial charge in [0.2, 0.25) is 10.0 Å². The van der Waals surface area contributed by atoms with Crippen LogP contribution in [-0.2, 0) is 14.8 Å². The number of hydrogen-bond acceptors (Lipinski definition) is 3. The first-order chi connectivity index (χ1) is 8.97. The Morgan fingerprint density at radius 3 is 2.68 bits per heavy atom. The highest BCUT2D eigenvalue weighted by Gasteiger charge is 2.18. The predicted octanol–water partition coefficient (Wildman–Crippen LogP) is 2.67. The molecule has 0 atom stereocenters. The van der Waals surface area contributed by atoms with Gasteiger partial charge in [0.1, 0.15) is 10.7 Å². The monoisotopic (exact) mass is 417 g/mol. The van der Waals surface area contributed by atoms with Gasteiger partial charge in [0, 0.05) is 23.0 Å². The third kappa shape index (κ3) is 5.86. The van der Waals surface area contributed by atoms with Crippen molar-refractivity contribution in [3.8, 4) is 0 Å². The Morgan fingerprint density at radius 1 is 1.32 bits per heavy atom. The van der Waals surface area contributed by atoms with Crippen molar-refractivity contribution in [1.82, 2.24) is 4.72 Å². The summed E-state index contributed by atoms with van der Waals surface area (Å²) in [6.45, 7) is 1.24. The molecule has 1 aromatic carbocycles. The molecule has 0 spiro atoms. The lowest BCUT2D eigenvalue weighted by molar-refractivity contribution is 0.149. The molecule has 0 amide bonds. The summed E-state index contributed by atoms with van der Waals surface area (Å²) in [5.41, 5.74) is 0. The van der Waals surface area contributed by atoms with E-state index < -0.39 is 15.8 Å². The summed E-state index contributed by atoms with van der Waals surface area (Å²) in [4.78, 5) is -0.350. The van der Waals surface area contributed by atoms with Gasteiger partial charge in [-0.3, -0.25) is 0 Å². The van der Waals surface area contributed by atoms with Crippen molar-refractivity contribution >= 4 is 41.9 Å². The summed E-state index contributed by atoms with van der Waals surface area (Å²) in [6.07, 6.45) is 0.532. The highest BCUT2D eigenvalue weighted by Crippen LogP contribution is 2.19. The Morgan fingerprint density at radius 2 is 2.05 bits per heavy atom. The van der Waals surface area contributed by atoms with E-state index in [0.29, 0.717) is 24.1 Å². The molecule has 0 aliphatic heterocycles. The molecule has 0 fully saturated rings. The first-order valence-corrected chi connectivity index (χ1v) is 8.95. The van der Waals surface area contributed by atoms with E-state index in [1.54, 1.807) is 0 Å². The van der Waals surface area contributed by atoms with E-state index in [1.807, 2.05) is 0 Å². The van der Waals surface area contributed by atoms with Gasteiger partial charge in [0.25, 0.3) is 0 Å². The van der Waals surface area contributed by atoms with Crippen molar-refractivity contribution in [3.05, 3.63) is 28.5 Å². The van der Waals surface area contributed by atoms with Crippen LogP contribution in [0.5, 0.6) is 0 Å². The van der Waals surface area contributed by atoms with Gasteiger partial charge in [0.05, 0.1) is 6.61 Å². The van der Waals surface area contributed by atoms with Crippen molar-refractivity contribution in [1.29, 1.82) is 0 Å². The maximum absolute atomic E-state index is 13.5. The van der Waals surface area contributed by atoms with E-state index in [9.17, 15) is 12.8 Å². The molecule has 1 rings (SSSR count). The first kappa shape index (κ1) is 17.0. The van der Waals surface area contributed by atoms with Crippen molar-refractivity contribution in [2.45, 2.75) is 11.3 Å². The SMILES string of the molecule is O=S(=O)(NCCCOCCBr)c1ccc(Br)cc1F. The average molecular weight is 419 g/mol. The van der Waals surface area contributed by atoms with Gasteiger partial charge >= 0.3 is 0 Å². The van der Waals surface area contributed by atoms with Crippen molar-refractivity contribution in [2.75, 3.05) is 25.1 Å². The van der Waals surface area contributed by atoms with Gasteiger partial charge in [-0.2, -0.15) is 0 Å². The molecular weight excluding hydrogens is 405 g/mol. The van der Waals surface area contributed by atoms with E-state index >= 15 is 0 Å². The molecule has 1 aromatic rings. The molecule has 0 aliphatic rings. The van der Waals surface area contributed by atoms with Crippen LogP contribution < -0.4 is 4.72 Å². The van der Waals surface area contributed by atoms with Gasteiger partial charge in [-0.1, -0.05) is 31.9 Å². The van der Waals surface area contributed by atoms with E-state index in [-0.39, 0.29) is 11.4 Å². The van der Waals surface area contributed by atoms with Crippen LogP contribution in [0.4, 0.5) is 4.39 Å². The minimum atomic E-state index is -3.81. The van der Waals surface area contributed by atoms with Gasteiger partial charge < -0.3 is 4.74 Å². The topological polar surface area (TPSA) is 55.4 Å². The molecule has 8 heteroatoms. The lowest BCUT2D eigenvalue weighted by Gasteiger charge is -2.08. The molecular formula is C11H14Br2FNO3S. The lowest BCUT2D eigenvalue weighted by Crippen LogP contribution is -2.26. The fraction of sp³-hybridized carbons (Fsp3) is 0.455. The molecule has 0 heterocycles. The van der Waals surface area contributed by atoms with Crippen LogP contribution in [0, 0.1) is 5.82 Å². The van der Waals surface area contributed by atoms with E-state index in [1.165, 1.54) is 12.1 Å². The van der Waals surface area contributed by atoms with E-state index in [0.717, 1.165) is 11.4 Å². The fourth-order valence-corrected chi connectivity index (χ4v) is 3.00. The van der Waals surface area contributed by atoms with Crippen molar-refractivity contribution in [3.63, 3.8) is 0 Å². The van der Waals surface area contributed by atoms with Crippen molar-refractivity contribution in [2.24, 2.45) is 0 Å². The number of alkyl halides is 1. The number of rotatable bonds is 8. The summed E-state index contributed by atoms with van der Waals surface area (Å²) >= 11 is 6.29. The summed E-state index contributed by atoms with van der Waals surface area (Å²) in [5, 5.41) is 0.739. The molecule has 0 saturated carbocycles. The van der Waals surface area contributed by atoms with Gasteiger partial charge in [-0.05, 0) is 24.6 Å². The largest absolute Gasteiger partial charge is 0.381 e. The molecule has 1 N–H and O–H groups in total. The standard InChI is InChI=1S/C11H14Br2FNO3S/c12-4-7-18-6-1-5-15-19(16,17)11-3-2-9(13)8-10(11)14/h2-3,8,15H,1,4-7H2. The third-order valence-corrected chi connectivity index (χ3v) is 4.47. The fourth-order valence-electron chi connectivity index (χ4n) is 1.31. The Kier molecular flexibility index (Phi) is 7.45. The molecule has 0 radical (unpaired) electrons. The minimum absolute atomic E-state index is 0.208. The molecule has 0 unspecified atom stereocenters. The zero-order valence-electron chi connectivity index (χ0n) is 10.0. The Balaban J connectivity index is 2.52. The second-order valence-electron chi connectivity index (χ2n) is 3.63. The maximum atomic E-state index is 13.5. The van der Waals surface area contributed by atoms with Crippen LogP contribution in [0.3, 0.4) is 0 Å². The van der Waals surface area contributed by atoms with Gasteiger partial charge in [-0.25, -0.2) is 17.5 Å². The second kappa shape index (κ2) is 8.31. The third-order valence-electron chi connectivity index (χ3n) is 2.16. The highest BCUT2D eigenvalue weighted by atomic mass is 79.9. The minimum Gasteiger partial charge on any atom is -0.381 e. The molecule has 0 aromatic heterocycles. The maximum Gasteiger partial charge on any atom is 0.243 e. The normalized spacial score (nSPS) is 11.7. The Hall–Kier alpha value is -0.0200. The molecule has 0 saturated heterocycles. The quantitative estimate of drug-likeness (QED) is 0.521. The molecule has 4 nitrogen and oxygen atoms in total. The number of halogens is 3. The predicted molar refractivity (Wildman–Crippen MR) is 78.5 cm³/mol. The highest BCUT2D eigenvalue weighted by molar-refractivity contribution is 9.10. The van der Waals surface area contributed by atoms with Crippen LogP contribution >= 0.6 is 31.9 Å². The van der Waals surface area contributed by atoms with Crippen LogP contribution in [-0.4, -0.2) is 33.5 Å². The van der Waals surface area contributed by atoms with Crippen LogP contribution in [0.1, 0.15) is 6.42 Å². The van der Waals surface area contributed by atoms with Crippen molar-refractivity contribution < 1.29 is 17.5 Å². The summed E-state index contributed by atoms with van der Waals surface area (Å²) in [5.74, 6) is -0.780. The number of nitrogens with one attached hydrogen (secondary N) is 1. The summed E-state index contributed by atoms with van der Waals surface area (Å²) < 4.78 is 45.2. The Bertz CT molecular complexity index is 511. The summed E-state index contributed by atoms with van der Waals surface area (Å²) in [6, 6.07) is 3.83. The van der Waals surface area contributed by atoms with E-state index in [4.69, 9.17) is 4.74 Å².